The van der Waals surface area contributed by atoms with Gasteiger partial charge in [-0.15, -0.1) is 12.4 Å². The van der Waals surface area contributed by atoms with Gasteiger partial charge in [-0.05, 0) is 44.3 Å². The lowest BCUT2D eigenvalue weighted by Crippen LogP contribution is -2.26. The van der Waals surface area contributed by atoms with Crippen LogP contribution in [0.5, 0.6) is 11.5 Å². The monoisotopic (exact) mass is 430 g/mol. The highest BCUT2D eigenvalue weighted by molar-refractivity contribution is 6.00. The molecule has 0 aliphatic heterocycles. The van der Waals surface area contributed by atoms with Crippen molar-refractivity contribution in [1.82, 2.24) is 20.4 Å². The molecule has 1 heterocycles. The quantitative estimate of drug-likeness (QED) is 0.509. The molecule has 0 atom stereocenters. The zero-order valence-corrected chi connectivity index (χ0v) is 18.2. The molecule has 2 aromatic carbocycles. The molecule has 0 saturated carbocycles. The molecule has 8 heteroatoms. The van der Waals surface area contributed by atoms with Gasteiger partial charge in [0.2, 0.25) is 0 Å². The van der Waals surface area contributed by atoms with Crippen molar-refractivity contribution >= 4 is 18.3 Å². The van der Waals surface area contributed by atoms with E-state index in [0.717, 1.165) is 24.2 Å². The highest BCUT2D eigenvalue weighted by atomic mass is 35.5. The van der Waals surface area contributed by atoms with Crippen LogP contribution in [0.3, 0.4) is 0 Å². The predicted octanol–water partition coefficient (Wildman–Crippen LogP) is 3.32. The molecule has 0 aliphatic carbocycles. The van der Waals surface area contributed by atoms with Gasteiger partial charge in [0, 0.05) is 24.4 Å². The Balaban J connectivity index is 0.00000320. The minimum atomic E-state index is -0.170. The van der Waals surface area contributed by atoms with Crippen molar-refractivity contribution in [2.45, 2.75) is 6.42 Å². The van der Waals surface area contributed by atoms with Crippen LogP contribution >= 0.6 is 12.4 Å². The fourth-order valence-electron chi connectivity index (χ4n) is 3.01. The smallest absolute Gasteiger partial charge is 0.255 e. The van der Waals surface area contributed by atoms with Gasteiger partial charge in [0.1, 0.15) is 17.2 Å². The van der Waals surface area contributed by atoms with Gasteiger partial charge in [0.05, 0.1) is 25.5 Å². The van der Waals surface area contributed by atoms with Crippen LogP contribution < -0.4 is 20.1 Å². The number of nitrogens with zero attached hydrogens (tertiary/aromatic N) is 2. The van der Waals surface area contributed by atoms with Crippen LogP contribution in [0.1, 0.15) is 16.8 Å². The summed E-state index contributed by atoms with van der Waals surface area (Å²) in [5.74, 6) is 1.09. The van der Waals surface area contributed by atoms with E-state index in [4.69, 9.17) is 14.6 Å². The summed E-state index contributed by atoms with van der Waals surface area (Å²) >= 11 is 0. The SMILES string of the molecule is CNCCCNC(=O)c1cn(-c2ccccc2)nc1-c1ccc(OC)cc1OC.Cl. The van der Waals surface area contributed by atoms with Crippen LogP contribution in [-0.2, 0) is 0 Å². The second-order valence-corrected chi connectivity index (χ2v) is 6.45. The van der Waals surface area contributed by atoms with Gasteiger partial charge in [0.15, 0.2) is 0 Å². The van der Waals surface area contributed by atoms with Crippen molar-refractivity contribution in [3.05, 3.63) is 60.3 Å². The minimum Gasteiger partial charge on any atom is -0.497 e. The number of amides is 1. The maximum absolute atomic E-state index is 12.9. The number of aromatic nitrogens is 2. The molecule has 1 amide bonds. The third-order valence-corrected chi connectivity index (χ3v) is 4.53. The molecule has 0 unspecified atom stereocenters. The Labute approximate surface area is 182 Å². The largest absolute Gasteiger partial charge is 0.497 e. The van der Waals surface area contributed by atoms with Crippen LogP contribution in [0.25, 0.3) is 16.9 Å². The number of ether oxygens (including phenoxy) is 2. The maximum Gasteiger partial charge on any atom is 0.255 e. The summed E-state index contributed by atoms with van der Waals surface area (Å²) in [6, 6.07) is 15.2. The second kappa shape index (κ2) is 11.2. The fourth-order valence-corrected chi connectivity index (χ4v) is 3.01. The Morgan fingerprint density at radius 3 is 2.50 bits per heavy atom. The Hall–Kier alpha value is -3.03. The number of hydrogen-bond acceptors (Lipinski definition) is 5. The van der Waals surface area contributed by atoms with Gasteiger partial charge in [-0.3, -0.25) is 4.79 Å². The van der Waals surface area contributed by atoms with Crippen LogP contribution in [0.4, 0.5) is 0 Å². The average Bonchev–Trinajstić information content (AvgIpc) is 3.22. The van der Waals surface area contributed by atoms with Crippen molar-refractivity contribution in [3.63, 3.8) is 0 Å². The lowest BCUT2D eigenvalue weighted by atomic mass is 10.1. The summed E-state index contributed by atoms with van der Waals surface area (Å²) in [7, 11) is 5.08. The number of carbonyl (C=O) groups is 1. The summed E-state index contributed by atoms with van der Waals surface area (Å²) in [4.78, 5) is 12.9. The van der Waals surface area contributed by atoms with E-state index in [0.29, 0.717) is 29.3 Å². The summed E-state index contributed by atoms with van der Waals surface area (Å²) in [6.45, 7) is 1.41. The number of halogens is 1. The Morgan fingerprint density at radius 1 is 1.07 bits per heavy atom. The molecule has 0 bridgehead atoms. The molecule has 0 aliphatic rings. The number of nitrogens with one attached hydrogen (secondary N) is 2. The third kappa shape index (κ3) is 5.31. The molecular formula is C22H27ClN4O3. The van der Waals surface area contributed by atoms with Crippen molar-refractivity contribution in [2.75, 3.05) is 34.4 Å². The maximum atomic E-state index is 12.9. The number of para-hydroxylation sites is 1. The van der Waals surface area contributed by atoms with E-state index in [-0.39, 0.29) is 18.3 Å². The molecule has 0 fully saturated rings. The average molecular weight is 431 g/mol. The molecular weight excluding hydrogens is 404 g/mol. The Kier molecular flexibility index (Phi) is 8.70. The highest BCUT2D eigenvalue weighted by Crippen LogP contribution is 2.34. The normalized spacial score (nSPS) is 10.2. The molecule has 7 nitrogen and oxygen atoms in total. The number of rotatable bonds is 9. The van der Waals surface area contributed by atoms with E-state index in [1.54, 1.807) is 31.2 Å². The molecule has 160 valence electrons. The number of hydrogen-bond donors (Lipinski definition) is 2. The van der Waals surface area contributed by atoms with E-state index >= 15 is 0 Å². The molecule has 30 heavy (non-hydrogen) atoms. The first kappa shape index (κ1) is 23.3. The zero-order chi connectivity index (χ0) is 20.6. The van der Waals surface area contributed by atoms with E-state index in [1.807, 2.05) is 49.5 Å². The zero-order valence-electron chi connectivity index (χ0n) is 17.3. The van der Waals surface area contributed by atoms with Gasteiger partial charge in [-0.1, -0.05) is 18.2 Å². The van der Waals surface area contributed by atoms with Crippen molar-refractivity contribution in [3.8, 4) is 28.4 Å². The van der Waals surface area contributed by atoms with Gasteiger partial charge in [-0.25, -0.2) is 4.68 Å². The third-order valence-electron chi connectivity index (χ3n) is 4.53. The van der Waals surface area contributed by atoms with Gasteiger partial charge in [0.25, 0.3) is 5.91 Å². The second-order valence-electron chi connectivity index (χ2n) is 6.45. The van der Waals surface area contributed by atoms with E-state index in [9.17, 15) is 4.79 Å². The van der Waals surface area contributed by atoms with Gasteiger partial charge in [-0.2, -0.15) is 5.10 Å². The van der Waals surface area contributed by atoms with E-state index in [1.165, 1.54) is 0 Å². The molecule has 1 aromatic heterocycles. The van der Waals surface area contributed by atoms with Crippen LogP contribution in [0.2, 0.25) is 0 Å². The molecule has 3 aromatic rings. The van der Waals surface area contributed by atoms with Crippen molar-refractivity contribution in [1.29, 1.82) is 0 Å². The summed E-state index contributed by atoms with van der Waals surface area (Å²) in [6.07, 6.45) is 2.60. The predicted molar refractivity (Wildman–Crippen MR) is 120 cm³/mol. The fraction of sp³-hybridized carbons (Fsp3) is 0.273. The molecule has 3 rings (SSSR count). The highest BCUT2D eigenvalue weighted by Gasteiger charge is 2.21. The van der Waals surface area contributed by atoms with Crippen LogP contribution in [-0.4, -0.2) is 50.0 Å². The molecule has 0 saturated heterocycles. The topological polar surface area (TPSA) is 77.4 Å². The van der Waals surface area contributed by atoms with Gasteiger partial charge < -0.3 is 20.1 Å². The summed E-state index contributed by atoms with van der Waals surface area (Å²) in [5, 5.41) is 10.7. The summed E-state index contributed by atoms with van der Waals surface area (Å²) in [5.41, 5.74) is 2.64. The van der Waals surface area contributed by atoms with Crippen molar-refractivity contribution < 1.29 is 14.3 Å². The first-order valence-electron chi connectivity index (χ1n) is 9.48. The number of methoxy groups -OCH3 is 2. The van der Waals surface area contributed by atoms with E-state index in [2.05, 4.69) is 10.6 Å². The standard InChI is InChI=1S/C22H26N4O3.ClH/c1-23-12-7-13-24-22(27)19-15-26(16-8-5-4-6-9-16)25-21(19)18-11-10-17(28-2)14-20(18)29-3;/h4-6,8-11,14-15,23H,7,12-13H2,1-3H3,(H,24,27);1H. The first-order valence-corrected chi connectivity index (χ1v) is 9.48. The van der Waals surface area contributed by atoms with Crippen LogP contribution in [0, 0.1) is 0 Å². The number of benzene rings is 2. The summed E-state index contributed by atoms with van der Waals surface area (Å²) < 4.78 is 12.5. The molecule has 0 spiro atoms. The molecule has 2 N–H and O–H groups in total. The van der Waals surface area contributed by atoms with Crippen LogP contribution in [0.15, 0.2) is 54.7 Å². The Morgan fingerprint density at radius 2 is 1.83 bits per heavy atom. The number of carbonyl (C=O) groups excluding carboxylic acids is 1. The lowest BCUT2D eigenvalue weighted by Gasteiger charge is -2.10. The van der Waals surface area contributed by atoms with E-state index < -0.39 is 0 Å². The molecule has 0 radical (unpaired) electrons. The lowest BCUT2D eigenvalue weighted by molar-refractivity contribution is 0.0954. The van der Waals surface area contributed by atoms with Crippen molar-refractivity contribution in [2.24, 2.45) is 0 Å². The van der Waals surface area contributed by atoms with Gasteiger partial charge >= 0.3 is 0 Å². The first-order chi connectivity index (χ1) is 14.2. The minimum absolute atomic E-state index is 0. The Bertz CT molecular complexity index is 960.